The summed E-state index contributed by atoms with van der Waals surface area (Å²) in [4.78, 5) is 41.6. The molecular formula is C23H19F3N2O4. The molecule has 1 aliphatic carbocycles. The van der Waals surface area contributed by atoms with Crippen molar-refractivity contribution < 1.29 is 32.3 Å². The molecule has 0 aromatic heterocycles. The maximum Gasteiger partial charge on any atom is 0.416 e. The SMILES string of the molecule is O=C1[C@@H]2C3CCC(CN3C(=O)Oc3ccccc3)[C@@H]2C(=O)N1c1cccc(C(F)(F)F)c1. The van der Waals surface area contributed by atoms with E-state index in [0.717, 1.165) is 17.0 Å². The van der Waals surface area contributed by atoms with Crippen LogP contribution in [0, 0.1) is 17.8 Å². The second kappa shape index (κ2) is 7.36. The van der Waals surface area contributed by atoms with Crippen molar-refractivity contribution in [3.63, 3.8) is 0 Å². The van der Waals surface area contributed by atoms with Crippen LogP contribution in [0.25, 0.3) is 0 Å². The summed E-state index contributed by atoms with van der Waals surface area (Å²) in [5.74, 6) is -2.36. The average molecular weight is 444 g/mol. The molecule has 4 aliphatic rings. The highest BCUT2D eigenvalue weighted by Crippen LogP contribution is 2.49. The number of amides is 3. The molecule has 0 N–H and O–H groups in total. The quantitative estimate of drug-likeness (QED) is 0.654. The number of fused-ring (bicyclic) bond motifs is 2. The molecule has 0 radical (unpaired) electrons. The second-order valence-electron chi connectivity index (χ2n) is 8.35. The molecule has 4 atom stereocenters. The van der Waals surface area contributed by atoms with E-state index in [1.807, 2.05) is 0 Å². The zero-order valence-electron chi connectivity index (χ0n) is 16.8. The molecule has 6 nitrogen and oxygen atoms in total. The second-order valence-corrected chi connectivity index (χ2v) is 8.35. The fourth-order valence-electron chi connectivity index (χ4n) is 5.23. The Labute approximate surface area is 181 Å². The molecule has 3 saturated heterocycles. The molecule has 2 unspecified atom stereocenters. The number of halogens is 3. The van der Waals surface area contributed by atoms with Crippen LogP contribution in [-0.2, 0) is 15.8 Å². The Morgan fingerprint density at radius 1 is 0.938 bits per heavy atom. The molecule has 6 rings (SSSR count). The number of rotatable bonds is 2. The Kier molecular flexibility index (Phi) is 4.72. The van der Waals surface area contributed by atoms with Crippen molar-refractivity contribution in [3.8, 4) is 5.75 Å². The van der Waals surface area contributed by atoms with Gasteiger partial charge in [0.1, 0.15) is 5.75 Å². The van der Waals surface area contributed by atoms with Gasteiger partial charge in [-0.2, -0.15) is 13.2 Å². The molecule has 2 aromatic rings. The molecule has 32 heavy (non-hydrogen) atoms. The van der Waals surface area contributed by atoms with Gasteiger partial charge in [-0.25, -0.2) is 9.69 Å². The van der Waals surface area contributed by atoms with Crippen LogP contribution in [-0.4, -0.2) is 35.4 Å². The maximum atomic E-state index is 13.3. The summed E-state index contributed by atoms with van der Waals surface area (Å²) in [6.07, 6.45) is -3.99. The van der Waals surface area contributed by atoms with Gasteiger partial charge in [0, 0.05) is 12.6 Å². The highest BCUT2D eigenvalue weighted by molar-refractivity contribution is 6.22. The number of piperidine rings is 2. The summed E-state index contributed by atoms with van der Waals surface area (Å²) in [5, 5.41) is 0. The zero-order valence-corrected chi connectivity index (χ0v) is 16.8. The molecule has 0 spiro atoms. The normalized spacial score (nSPS) is 27.0. The summed E-state index contributed by atoms with van der Waals surface area (Å²) in [5.41, 5.74) is -1.02. The van der Waals surface area contributed by atoms with Gasteiger partial charge in [-0.3, -0.25) is 9.59 Å². The third-order valence-electron chi connectivity index (χ3n) is 6.60. The fraction of sp³-hybridized carbons (Fsp3) is 0.348. The lowest BCUT2D eigenvalue weighted by Crippen LogP contribution is -2.60. The number of hydrogen-bond acceptors (Lipinski definition) is 4. The van der Waals surface area contributed by atoms with Crippen molar-refractivity contribution in [2.24, 2.45) is 17.8 Å². The molecule has 166 valence electrons. The van der Waals surface area contributed by atoms with E-state index in [9.17, 15) is 27.6 Å². The van der Waals surface area contributed by atoms with Gasteiger partial charge in [0.25, 0.3) is 0 Å². The third kappa shape index (κ3) is 3.23. The largest absolute Gasteiger partial charge is 0.416 e. The number of carbonyl (C=O) groups excluding carboxylic acids is 3. The number of carbonyl (C=O) groups is 3. The van der Waals surface area contributed by atoms with Crippen molar-refractivity contribution in [2.75, 3.05) is 11.4 Å². The topological polar surface area (TPSA) is 66.9 Å². The van der Waals surface area contributed by atoms with Crippen LogP contribution in [0.15, 0.2) is 54.6 Å². The monoisotopic (exact) mass is 444 g/mol. The van der Waals surface area contributed by atoms with Crippen LogP contribution < -0.4 is 9.64 Å². The number of nitrogens with zero attached hydrogens (tertiary/aromatic N) is 2. The summed E-state index contributed by atoms with van der Waals surface area (Å²) in [7, 11) is 0. The van der Waals surface area contributed by atoms with E-state index < -0.39 is 47.5 Å². The Bertz CT molecular complexity index is 1090. The van der Waals surface area contributed by atoms with Crippen LogP contribution in [0.2, 0.25) is 0 Å². The predicted molar refractivity (Wildman–Crippen MR) is 107 cm³/mol. The van der Waals surface area contributed by atoms with Gasteiger partial charge < -0.3 is 9.64 Å². The highest BCUT2D eigenvalue weighted by Gasteiger charge is 2.61. The van der Waals surface area contributed by atoms with E-state index in [0.29, 0.717) is 18.6 Å². The van der Waals surface area contributed by atoms with E-state index in [1.165, 1.54) is 17.0 Å². The van der Waals surface area contributed by atoms with Crippen LogP contribution in [0.3, 0.4) is 0 Å². The summed E-state index contributed by atoms with van der Waals surface area (Å²) in [6, 6.07) is 12.2. The first-order valence-electron chi connectivity index (χ1n) is 10.3. The number of imide groups is 1. The lowest BCUT2D eigenvalue weighted by molar-refractivity contribution is -0.137. The van der Waals surface area contributed by atoms with Gasteiger partial charge in [-0.1, -0.05) is 24.3 Å². The number of hydrogen-bond donors (Lipinski definition) is 0. The summed E-state index contributed by atoms with van der Waals surface area (Å²) in [6.45, 7) is 0.271. The lowest BCUT2D eigenvalue weighted by Gasteiger charge is -2.49. The van der Waals surface area contributed by atoms with E-state index in [-0.39, 0.29) is 18.2 Å². The predicted octanol–water partition coefficient (Wildman–Crippen LogP) is 4.10. The van der Waals surface area contributed by atoms with E-state index in [4.69, 9.17) is 4.74 Å². The Morgan fingerprint density at radius 2 is 1.66 bits per heavy atom. The average Bonchev–Trinajstić information content (AvgIpc) is 3.06. The van der Waals surface area contributed by atoms with Crippen LogP contribution in [0.5, 0.6) is 5.75 Å². The minimum Gasteiger partial charge on any atom is -0.410 e. The zero-order chi connectivity index (χ0) is 22.6. The number of para-hydroxylation sites is 1. The molecule has 3 heterocycles. The Balaban J connectivity index is 1.43. The van der Waals surface area contributed by atoms with Gasteiger partial charge in [-0.15, -0.1) is 0 Å². The molecule has 3 amide bonds. The number of anilines is 1. The molecule has 4 fully saturated rings. The van der Waals surface area contributed by atoms with Gasteiger partial charge in [0.05, 0.1) is 23.1 Å². The van der Waals surface area contributed by atoms with Crippen LogP contribution in [0.1, 0.15) is 18.4 Å². The Morgan fingerprint density at radius 3 is 2.38 bits per heavy atom. The highest BCUT2D eigenvalue weighted by atomic mass is 19.4. The maximum absolute atomic E-state index is 13.3. The van der Waals surface area contributed by atoms with Gasteiger partial charge in [0.2, 0.25) is 11.8 Å². The number of ether oxygens (including phenoxy) is 1. The first kappa shape index (κ1) is 20.5. The molecule has 3 aliphatic heterocycles. The van der Waals surface area contributed by atoms with E-state index >= 15 is 0 Å². The fourth-order valence-corrected chi connectivity index (χ4v) is 5.23. The minimum absolute atomic E-state index is 0.0953. The van der Waals surface area contributed by atoms with Crippen molar-refractivity contribution in [1.82, 2.24) is 4.90 Å². The first-order valence-corrected chi connectivity index (χ1v) is 10.3. The summed E-state index contributed by atoms with van der Waals surface area (Å²) >= 11 is 0. The molecule has 2 bridgehead atoms. The smallest absolute Gasteiger partial charge is 0.410 e. The first-order chi connectivity index (χ1) is 15.3. The lowest BCUT2D eigenvalue weighted by atomic mass is 9.66. The van der Waals surface area contributed by atoms with E-state index in [1.54, 1.807) is 30.3 Å². The number of alkyl halides is 3. The van der Waals surface area contributed by atoms with Crippen molar-refractivity contribution >= 4 is 23.6 Å². The van der Waals surface area contributed by atoms with Crippen molar-refractivity contribution in [3.05, 3.63) is 60.2 Å². The summed E-state index contributed by atoms with van der Waals surface area (Å²) < 4.78 is 44.9. The van der Waals surface area contributed by atoms with Crippen LogP contribution in [0.4, 0.5) is 23.7 Å². The van der Waals surface area contributed by atoms with E-state index in [2.05, 4.69) is 0 Å². The molecule has 2 aromatic carbocycles. The molecule has 9 heteroatoms. The van der Waals surface area contributed by atoms with Gasteiger partial charge >= 0.3 is 12.3 Å². The van der Waals surface area contributed by atoms with Crippen LogP contribution >= 0.6 is 0 Å². The Hall–Kier alpha value is -3.36. The molecular weight excluding hydrogens is 425 g/mol. The van der Waals surface area contributed by atoms with Crippen molar-refractivity contribution in [1.29, 1.82) is 0 Å². The molecule has 1 saturated carbocycles. The minimum atomic E-state index is -4.59. The van der Waals surface area contributed by atoms with Gasteiger partial charge in [-0.05, 0) is 49.1 Å². The van der Waals surface area contributed by atoms with Crippen molar-refractivity contribution in [2.45, 2.75) is 25.1 Å². The van der Waals surface area contributed by atoms with Gasteiger partial charge in [0.15, 0.2) is 0 Å². The number of benzene rings is 2. The standard InChI is InChI=1S/C23H19F3N2O4/c24-23(25,26)14-5-4-6-15(11-14)28-20(29)18-13-9-10-17(19(18)21(28)30)27(12-13)22(31)32-16-7-2-1-3-8-16/h1-8,11,13,17-19H,9-10,12H2/t13?,17?,18-,19+/m0/s1. The third-order valence-corrected chi connectivity index (χ3v) is 6.60.